The van der Waals surface area contributed by atoms with Crippen LogP contribution in [0, 0.1) is 12.0 Å². The second kappa shape index (κ2) is 7.64. The van der Waals surface area contributed by atoms with E-state index in [1.807, 2.05) is 0 Å². The minimum absolute atomic E-state index is 0. The molecule has 91 valence electrons. The van der Waals surface area contributed by atoms with Crippen molar-refractivity contribution >= 4 is 0 Å². The Kier molecular flexibility index (Phi) is 8.80. The van der Waals surface area contributed by atoms with Gasteiger partial charge in [0, 0.05) is 0 Å². The maximum Gasteiger partial charge on any atom is 3.00 e. The molecule has 0 bridgehead atoms. The molecule has 0 aliphatic heterocycles. The smallest absolute Gasteiger partial charge is 1.00 e. The van der Waals surface area contributed by atoms with E-state index >= 15 is 0 Å². The Hall–Kier alpha value is 0.254. The van der Waals surface area contributed by atoms with Crippen LogP contribution in [-0.2, 0) is 21.7 Å². The molecule has 2 aliphatic rings. The van der Waals surface area contributed by atoms with Crippen LogP contribution >= 0.6 is 0 Å². The molecule has 0 N–H and O–H groups in total. The molecular weight excluding hydrogens is 287 g/mol. The topological polar surface area (TPSA) is 0 Å². The quantitative estimate of drug-likeness (QED) is 0.388. The van der Waals surface area contributed by atoms with Crippen LogP contribution in [0.25, 0.3) is 0 Å². The van der Waals surface area contributed by atoms with Gasteiger partial charge in [-0.2, -0.15) is 17.2 Å². The number of halogens is 2. The van der Waals surface area contributed by atoms with Crippen LogP contribution < -0.4 is 24.8 Å². The van der Waals surface area contributed by atoms with Crippen LogP contribution in [0.15, 0.2) is 40.0 Å². The van der Waals surface area contributed by atoms with E-state index in [0.717, 1.165) is 6.42 Å². The molecule has 2 aliphatic carbocycles. The van der Waals surface area contributed by atoms with Crippen LogP contribution in [0.3, 0.4) is 0 Å². The molecule has 0 spiro atoms. The van der Waals surface area contributed by atoms with E-state index in [2.05, 4.69) is 45.9 Å². The minimum Gasteiger partial charge on any atom is -1.00 e. The molecular formula is C14H17Cl2Ti. The normalized spacial score (nSPS) is 21.9. The van der Waals surface area contributed by atoms with E-state index in [0.29, 0.717) is 5.92 Å². The summed E-state index contributed by atoms with van der Waals surface area (Å²) in [7, 11) is 0. The van der Waals surface area contributed by atoms with Crippen molar-refractivity contribution in [2.24, 2.45) is 5.92 Å². The first-order chi connectivity index (χ1) is 6.61. The zero-order valence-electron chi connectivity index (χ0n) is 10.7. The third-order valence-corrected chi connectivity index (χ3v) is 3.33. The Labute approximate surface area is 132 Å². The van der Waals surface area contributed by atoms with Crippen molar-refractivity contribution in [3.63, 3.8) is 0 Å². The number of hydrogen-bond donors (Lipinski definition) is 0. The summed E-state index contributed by atoms with van der Waals surface area (Å²) in [4.78, 5) is 0. The fourth-order valence-electron chi connectivity index (χ4n) is 2.26. The molecule has 2 rings (SSSR count). The van der Waals surface area contributed by atoms with Gasteiger partial charge in [0.2, 0.25) is 0 Å². The summed E-state index contributed by atoms with van der Waals surface area (Å²) in [6, 6.07) is 0. The van der Waals surface area contributed by atoms with Gasteiger partial charge in [0.15, 0.2) is 0 Å². The molecule has 0 saturated carbocycles. The van der Waals surface area contributed by atoms with Crippen LogP contribution in [-0.4, -0.2) is 0 Å². The van der Waals surface area contributed by atoms with E-state index in [9.17, 15) is 0 Å². The Bertz CT molecular complexity index is 400. The monoisotopic (exact) mass is 303 g/mol. The Morgan fingerprint density at radius 1 is 1.18 bits per heavy atom. The van der Waals surface area contributed by atoms with Crippen molar-refractivity contribution in [3.05, 3.63) is 46.1 Å². The van der Waals surface area contributed by atoms with Crippen LogP contribution in [0.2, 0.25) is 0 Å². The van der Waals surface area contributed by atoms with Gasteiger partial charge in [0.1, 0.15) is 0 Å². The van der Waals surface area contributed by atoms with E-state index < -0.39 is 0 Å². The number of allylic oxidation sites excluding steroid dienone is 8. The fraction of sp³-hybridized carbons (Fsp3) is 0.429. The summed E-state index contributed by atoms with van der Waals surface area (Å²) in [5, 5.41) is 0. The predicted molar refractivity (Wildman–Crippen MR) is 60.8 cm³/mol. The third-order valence-electron chi connectivity index (χ3n) is 3.33. The van der Waals surface area contributed by atoms with Gasteiger partial charge >= 0.3 is 21.7 Å². The van der Waals surface area contributed by atoms with E-state index in [1.165, 1.54) is 27.9 Å². The van der Waals surface area contributed by atoms with Crippen molar-refractivity contribution in [2.75, 3.05) is 0 Å². The molecule has 1 atom stereocenters. The standard InChI is InChI=1S/C14H17.2ClH.Ti/c1-9-7-8-13(12(9)4)14-10(2)5-6-11(14)3;;;/h5-6,10H,7H2,1-4H3;2*1H;/q-1;;;+3/p-2. The Morgan fingerprint density at radius 2 is 1.76 bits per heavy atom. The average molecular weight is 304 g/mol. The molecule has 1 unspecified atom stereocenters. The molecule has 0 aromatic heterocycles. The van der Waals surface area contributed by atoms with Crippen LogP contribution in [0.4, 0.5) is 0 Å². The molecule has 0 fully saturated rings. The first-order valence-electron chi connectivity index (χ1n) is 5.28. The minimum atomic E-state index is 0. The second-order valence-electron chi connectivity index (χ2n) is 4.38. The SMILES string of the molecule is CC1=C(C2=[C-]CC(C)=C2C)C(C)C=C1.[Cl-].[Cl-].[Ti+3]. The summed E-state index contributed by atoms with van der Waals surface area (Å²) in [5.41, 5.74) is 7.18. The van der Waals surface area contributed by atoms with Crippen LogP contribution in [0.5, 0.6) is 0 Å². The van der Waals surface area contributed by atoms with Crippen molar-refractivity contribution in [2.45, 2.75) is 34.1 Å². The van der Waals surface area contributed by atoms with Gasteiger partial charge in [-0.1, -0.05) is 46.3 Å². The molecule has 17 heavy (non-hydrogen) atoms. The van der Waals surface area contributed by atoms with E-state index in [4.69, 9.17) is 0 Å². The van der Waals surface area contributed by atoms with Gasteiger partial charge in [-0.3, -0.25) is 0 Å². The number of rotatable bonds is 1. The third kappa shape index (κ3) is 3.61. The van der Waals surface area contributed by atoms with E-state index in [1.54, 1.807) is 0 Å². The first-order valence-corrected chi connectivity index (χ1v) is 5.28. The van der Waals surface area contributed by atoms with Gasteiger partial charge in [-0.15, -0.1) is 16.7 Å². The first kappa shape index (κ1) is 19.6. The molecule has 0 aromatic carbocycles. The molecule has 3 heteroatoms. The Balaban J connectivity index is 0. The van der Waals surface area contributed by atoms with Gasteiger partial charge < -0.3 is 24.8 Å². The van der Waals surface area contributed by atoms with Gasteiger partial charge in [0.05, 0.1) is 0 Å². The predicted octanol–water partition coefficient (Wildman–Crippen LogP) is -2.02. The van der Waals surface area contributed by atoms with Gasteiger partial charge in [-0.05, 0) is 5.92 Å². The molecule has 0 nitrogen and oxygen atoms in total. The molecule has 0 heterocycles. The summed E-state index contributed by atoms with van der Waals surface area (Å²) < 4.78 is 0. The zero-order valence-corrected chi connectivity index (χ0v) is 13.8. The van der Waals surface area contributed by atoms with Crippen molar-refractivity contribution < 1.29 is 46.5 Å². The molecule has 0 aromatic rings. The average Bonchev–Trinajstić information content (AvgIpc) is 2.62. The van der Waals surface area contributed by atoms with E-state index in [-0.39, 0.29) is 46.5 Å². The number of hydrogen-bond acceptors (Lipinski definition) is 0. The fourth-order valence-corrected chi connectivity index (χ4v) is 2.26. The summed E-state index contributed by atoms with van der Waals surface area (Å²) >= 11 is 0. The molecule has 0 saturated heterocycles. The Morgan fingerprint density at radius 3 is 2.12 bits per heavy atom. The summed E-state index contributed by atoms with van der Waals surface area (Å²) in [6.45, 7) is 8.89. The summed E-state index contributed by atoms with van der Waals surface area (Å²) in [6.07, 6.45) is 9.03. The molecule has 1 radical (unpaired) electrons. The van der Waals surface area contributed by atoms with Gasteiger partial charge in [0.25, 0.3) is 0 Å². The molecule has 0 amide bonds. The zero-order chi connectivity index (χ0) is 10.3. The largest absolute Gasteiger partial charge is 3.00 e. The van der Waals surface area contributed by atoms with Crippen LogP contribution in [0.1, 0.15) is 34.1 Å². The maximum absolute atomic E-state index is 3.50. The second-order valence-corrected chi connectivity index (χ2v) is 4.38. The van der Waals surface area contributed by atoms with Gasteiger partial charge in [-0.25, -0.2) is 0 Å². The van der Waals surface area contributed by atoms with Crippen molar-refractivity contribution in [1.82, 2.24) is 0 Å². The summed E-state index contributed by atoms with van der Waals surface area (Å²) in [5.74, 6) is 0.568. The maximum atomic E-state index is 3.50. The van der Waals surface area contributed by atoms with Crippen molar-refractivity contribution in [1.29, 1.82) is 0 Å². The van der Waals surface area contributed by atoms with Crippen molar-refractivity contribution in [3.8, 4) is 0 Å².